The van der Waals surface area contributed by atoms with Gasteiger partial charge in [-0.3, -0.25) is 13.9 Å². The number of aliphatic hydroxyl groups is 1. The minimum Gasteiger partial charge on any atom is -0.435 e. The van der Waals surface area contributed by atoms with Gasteiger partial charge in [0, 0.05) is 0 Å². The summed E-state index contributed by atoms with van der Waals surface area (Å²) in [6.07, 6.45) is 0. The van der Waals surface area contributed by atoms with Crippen LogP contribution in [0.4, 0.5) is 13.2 Å². The molecule has 30 heavy (non-hydrogen) atoms. The van der Waals surface area contributed by atoms with Crippen molar-refractivity contribution in [3.05, 3.63) is 73.6 Å². The average molecular weight is 443 g/mol. The Balaban J connectivity index is 2.17. The van der Waals surface area contributed by atoms with Crippen molar-refractivity contribution in [3.8, 4) is 5.75 Å². The topological polar surface area (TPSA) is 73.5 Å². The molecule has 6 nitrogen and oxygen atoms in total. The lowest BCUT2D eigenvalue weighted by Crippen LogP contribution is -2.43. The van der Waals surface area contributed by atoms with Gasteiger partial charge in [-0.15, -0.1) is 0 Å². The summed E-state index contributed by atoms with van der Waals surface area (Å²) in [5.41, 5.74) is -2.81. The van der Waals surface area contributed by atoms with E-state index in [1.807, 2.05) is 0 Å². The van der Waals surface area contributed by atoms with Gasteiger partial charge in [0.2, 0.25) is 0 Å². The molecule has 160 valence electrons. The van der Waals surface area contributed by atoms with Crippen LogP contribution in [0.25, 0.3) is 10.9 Å². The molecule has 3 aromatic rings. The summed E-state index contributed by atoms with van der Waals surface area (Å²) in [5.74, 6) is -1.01. The first-order valence-electron chi connectivity index (χ1n) is 8.85. The van der Waals surface area contributed by atoms with E-state index in [1.165, 1.54) is 50.2 Å². The molecule has 0 amide bonds. The van der Waals surface area contributed by atoms with Crippen molar-refractivity contribution in [2.75, 3.05) is 0 Å². The van der Waals surface area contributed by atoms with Crippen LogP contribution in [0.15, 0.2) is 46.0 Å². The van der Waals surface area contributed by atoms with Crippen LogP contribution >= 0.6 is 11.6 Å². The van der Waals surface area contributed by atoms with Gasteiger partial charge in [0.25, 0.3) is 5.56 Å². The molecule has 1 heterocycles. The Morgan fingerprint density at radius 3 is 2.30 bits per heavy atom. The standard InChI is InChI=1S/C20H18ClF3N2O4/c1-20(2,29)10-26-16-13(7-8-14(21)15(16)22)17(27)25(19(26)28)9-11-3-5-12(6-4-11)30-18(23)24/h3-8,18,29H,9-10H2,1-2H3. The Morgan fingerprint density at radius 2 is 1.73 bits per heavy atom. The number of hydrogen-bond donors (Lipinski definition) is 1. The van der Waals surface area contributed by atoms with Crippen molar-refractivity contribution in [1.29, 1.82) is 0 Å². The van der Waals surface area contributed by atoms with Crippen LogP contribution in [0.2, 0.25) is 5.02 Å². The van der Waals surface area contributed by atoms with Crippen LogP contribution in [0, 0.1) is 5.82 Å². The first kappa shape index (κ1) is 21.9. The van der Waals surface area contributed by atoms with Gasteiger partial charge in [0.05, 0.1) is 34.6 Å². The van der Waals surface area contributed by atoms with Crippen LogP contribution in [0.3, 0.4) is 0 Å². The number of halogens is 4. The van der Waals surface area contributed by atoms with Gasteiger partial charge in [0.15, 0.2) is 5.82 Å². The molecule has 10 heteroatoms. The summed E-state index contributed by atoms with van der Waals surface area (Å²) in [5, 5.41) is 9.84. The SMILES string of the molecule is CC(C)(O)Cn1c(=O)n(Cc2ccc(OC(F)F)cc2)c(=O)c2ccc(Cl)c(F)c21. The van der Waals surface area contributed by atoms with E-state index in [9.17, 15) is 27.9 Å². The minimum absolute atomic E-state index is 0.0734. The zero-order valence-electron chi connectivity index (χ0n) is 16.0. The third-order valence-electron chi connectivity index (χ3n) is 4.31. The lowest BCUT2D eigenvalue weighted by Gasteiger charge is -2.22. The van der Waals surface area contributed by atoms with Crippen molar-refractivity contribution < 1.29 is 23.0 Å². The van der Waals surface area contributed by atoms with Gasteiger partial charge >= 0.3 is 12.3 Å². The van der Waals surface area contributed by atoms with E-state index in [4.69, 9.17) is 11.6 Å². The highest BCUT2D eigenvalue weighted by Gasteiger charge is 2.23. The molecule has 0 atom stereocenters. The van der Waals surface area contributed by atoms with Crippen LogP contribution in [0.5, 0.6) is 5.75 Å². The van der Waals surface area contributed by atoms with Crippen LogP contribution in [0.1, 0.15) is 19.4 Å². The maximum Gasteiger partial charge on any atom is 0.387 e. The molecule has 0 aliphatic heterocycles. The summed E-state index contributed by atoms with van der Waals surface area (Å²) in [4.78, 5) is 25.9. The third-order valence-corrected chi connectivity index (χ3v) is 4.60. The summed E-state index contributed by atoms with van der Waals surface area (Å²) in [7, 11) is 0. The van der Waals surface area contributed by atoms with E-state index < -0.39 is 29.3 Å². The first-order valence-corrected chi connectivity index (χ1v) is 9.23. The van der Waals surface area contributed by atoms with E-state index in [0.717, 1.165) is 9.13 Å². The molecule has 0 spiro atoms. The molecule has 0 radical (unpaired) electrons. The van der Waals surface area contributed by atoms with Crippen molar-refractivity contribution in [3.63, 3.8) is 0 Å². The predicted octanol–water partition coefficient (Wildman–Crippen LogP) is 3.38. The lowest BCUT2D eigenvalue weighted by molar-refractivity contribution is -0.0498. The maximum absolute atomic E-state index is 14.7. The van der Waals surface area contributed by atoms with Crippen LogP contribution < -0.4 is 16.0 Å². The van der Waals surface area contributed by atoms with Crippen molar-refractivity contribution in [2.24, 2.45) is 0 Å². The highest BCUT2D eigenvalue weighted by atomic mass is 35.5. The van der Waals surface area contributed by atoms with Crippen molar-refractivity contribution in [2.45, 2.75) is 39.1 Å². The molecule has 0 saturated heterocycles. The summed E-state index contributed by atoms with van der Waals surface area (Å²) in [6, 6.07) is 7.93. The second kappa shape index (κ2) is 8.16. The number of rotatable bonds is 6. The number of aromatic nitrogens is 2. The minimum atomic E-state index is -2.98. The highest BCUT2D eigenvalue weighted by molar-refractivity contribution is 6.31. The van der Waals surface area contributed by atoms with Crippen molar-refractivity contribution >= 4 is 22.5 Å². The van der Waals surface area contributed by atoms with Gasteiger partial charge in [0.1, 0.15) is 5.75 Å². The number of ether oxygens (including phenoxy) is 1. The average Bonchev–Trinajstić information content (AvgIpc) is 2.65. The van der Waals surface area contributed by atoms with Gasteiger partial charge in [-0.25, -0.2) is 9.18 Å². The summed E-state index contributed by atoms with van der Waals surface area (Å²) < 4.78 is 45.4. The lowest BCUT2D eigenvalue weighted by atomic mass is 10.1. The molecule has 1 N–H and O–H groups in total. The van der Waals surface area contributed by atoms with Gasteiger partial charge in [-0.1, -0.05) is 23.7 Å². The number of hydrogen-bond acceptors (Lipinski definition) is 4. The fraction of sp³-hybridized carbons (Fsp3) is 0.300. The second-order valence-electron chi connectivity index (χ2n) is 7.35. The highest BCUT2D eigenvalue weighted by Crippen LogP contribution is 2.23. The largest absolute Gasteiger partial charge is 0.435 e. The first-order chi connectivity index (χ1) is 14.0. The molecule has 0 fully saturated rings. The Labute approximate surface area is 173 Å². The predicted molar refractivity (Wildman–Crippen MR) is 106 cm³/mol. The number of benzene rings is 2. The normalized spacial score (nSPS) is 12.0. The Hall–Kier alpha value is -2.78. The second-order valence-corrected chi connectivity index (χ2v) is 7.76. The van der Waals surface area contributed by atoms with E-state index in [1.54, 1.807) is 0 Å². The smallest absolute Gasteiger partial charge is 0.387 e. The molecule has 0 aliphatic carbocycles. The molecular weight excluding hydrogens is 425 g/mol. The zero-order valence-corrected chi connectivity index (χ0v) is 16.8. The quantitative estimate of drug-likeness (QED) is 0.635. The molecule has 0 aliphatic rings. The fourth-order valence-electron chi connectivity index (χ4n) is 3.08. The van der Waals surface area contributed by atoms with E-state index in [2.05, 4.69) is 4.74 Å². The monoisotopic (exact) mass is 442 g/mol. The van der Waals surface area contributed by atoms with Crippen molar-refractivity contribution in [1.82, 2.24) is 9.13 Å². The number of fused-ring (bicyclic) bond motifs is 1. The maximum atomic E-state index is 14.7. The summed E-state index contributed by atoms with van der Waals surface area (Å²) >= 11 is 5.83. The molecule has 0 saturated carbocycles. The van der Waals surface area contributed by atoms with Gasteiger partial charge in [-0.2, -0.15) is 8.78 Å². The number of nitrogens with zero attached hydrogens (tertiary/aromatic N) is 2. The molecule has 0 unspecified atom stereocenters. The molecular formula is C20H18ClF3N2O4. The Bertz CT molecular complexity index is 1200. The Morgan fingerprint density at radius 1 is 1.10 bits per heavy atom. The van der Waals surface area contributed by atoms with E-state index in [0.29, 0.717) is 5.56 Å². The molecule has 3 rings (SSSR count). The Kier molecular flexibility index (Phi) is 5.96. The van der Waals surface area contributed by atoms with Gasteiger partial charge < -0.3 is 9.84 Å². The molecule has 1 aromatic heterocycles. The summed E-state index contributed by atoms with van der Waals surface area (Å²) in [6.45, 7) is -0.593. The van der Waals surface area contributed by atoms with E-state index >= 15 is 0 Å². The van der Waals surface area contributed by atoms with E-state index in [-0.39, 0.29) is 34.8 Å². The van der Waals surface area contributed by atoms with Gasteiger partial charge in [-0.05, 0) is 43.7 Å². The molecule has 2 aromatic carbocycles. The zero-order chi connectivity index (χ0) is 22.2. The van der Waals surface area contributed by atoms with Crippen LogP contribution in [-0.2, 0) is 13.1 Å². The molecule has 0 bridgehead atoms. The van der Waals surface area contributed by atoms with Crippen LogP contribution in [-0.4, -0.2) is 26.5 Å². The third kappa shape index (κ3) is 4.52. The fourth-order valence-corrected chi connectivity index (χ4v) is 3.23. The number of alkyl halides is 2.